The molecule has 2 aromatic carbocycles. The number of imide groups is 1. The lowest BCUT2D eigenvalue weighted by Gasteiger charge is -2.22. The van der Waals surface area contributed by atoms with Gasteiger partial charge in [-0.05, 0) is 24.6 Å². The molecule has 1 fully saturated rings. The Morgan fingerprint density at radius 2 is 1.60 bits per heavy atom. The maximum atomic E-state index is 12.1. The monoisotopic (exact) mass is 266 g/mol. The molecule has 0 bridgehead atoms. The Labute approximate surface area is 117 Å². The number of anilines is 1. The molecule has 100 valence electrons. The minimum atomic E-state index is -0.605. The van der Waals surface area contributed by atoms with E-state index in [1.807, 2.05) is 61.5 Å². The van der Waals surface area contributed by atoms with Gasteiger partial charge in [0.05, 0.1) is 0 Å². The first-order valence-corrected chi connectivity index (χ1v) is 6.42. The van der Waals surface area contributed by atoms with E-state index >= 15 is 0 Å². The summed E-state index contributed by atoms with van der Waals surface area (Å²) in [6, 6.07) is 15.9. The molecule has 20 heavy (non-hydrogen) atoms. The summed E-state index contributed by atoms with van der Waals surface area (Å²) in [6.45, 7) is 1.98. The van der Waals surface area contributed by atoms with Gasteiger partial charge in [-0.3, -0.25) is 15.0 Å². The molecule has 1 atom stereocenters. The van der Waals surface area contributed by atoms with Gasteiger partial charge < -0.3 is 0 Å². The van der Waals surface area contributed by atoms with Gasteiger partial charge >= 0.3 is 6.03 Å². The van der Waals surface area contributed by atoms with Gasteiger partial charge in [0.1, 0.15) is 6.04 Å². The lowest BCUT2D eigenvalue weighted by Crippen LogP contribution is -2.29. The quantitative estimate of drug-likeness (QED) is 0.850. The molecule has 1 aliphatic rings. The predicted octanol–water partition coefficient (Wildman–Crippen LogP) is 2.79. The van der Waals surface area contributed by atoms with Crippen LogP contribution in [0.15, 0.2) is 54.6 Å². The molecule has 0 aromatic heterocycles. The lowest BCUT2D eigenvalue weighted by molar-refractivity contribution is -0.119. The number of hydrogen-bond acceptors (Lipinski definition) is 2. The molecular formula is C16H14N2O2. The first-order valence-electron chi connectivity index (χ1n) is 6.42. The Balaban J connectivity index is 2.04. The predicted molar refractivity (Wildman–Crippen MR) is 76.4 cm³/mol. The Bertz CT molecular complexity index is 650. The molecule has 1 heterocycles. The summed E-state index contributed by atoms with van der Waals surface area (Å²) in [7, 11) is 0. The zero-order chi connectivity index (χ0) is 14.1. The summed E-state index contributed by atoms with van der Waals surface area (Å²) in [4.78, 5) is 25.6. The van der Waals surface area contributed by atoms with Crippen LogP contribution in [0.3, 0.4) is 0 Å². The minimum Gasteiger partial charge on any atom is -0.277 e. The van der Waals surface area contributed by atoms with E-state index in [4.69, 9.17) is 0 Å². The van der Waals surface area contributed by atoms with E-state index in [2.05, 4.69) is 5.32 Å². The molecule has 1 N–H and O–H groups in total. The molecule has 3 amide bonds. The average molecular weight is 266 g/mol. The van der Waals surface area contributed by atoms with E-state index in [0.29, 0.717) is 5.69 Å². The van der Waals surface area contributed by atoms with Crippen molar-refractivity contribution in [1.82, 2.24) is 5.32 Å². The Morgan fingerprint density at radius 3 is 2.25 bits per heavy atom. The van der Waals surface area contributed by atoms with Crippen molar-refractivity contribution in [1.29, 1.82) is 0 Å². The SMILES string of the molecule is Cc1ccc(N2C(=O)NC(=O)C2c2ccccc2)cc1. The van der Waals surface area contributed by atoms with Crippen LogP contribution in [0.4, 0.5) is 10.5 Å². The third-order valence-corrected chi connectivity index (χ3v) is 3.38. The third-order valence-electron chi connectivity index (χ3n) is 3.38. The van der Waals surface area contributed by atoms with Crippen LogP contribution in [0.1, 0.15) is 17.2 Å². The van der Waals surface area contributed by atoms with Crippen LogP contribution in [0.25, 0.3) is 0 Å². The van der Waals surface area contributed by atoms with Crippen LogP contribution in [0.2, 0.25) is 0 Å². The molecule has 1 saturated heterocycles. The van der Waals surface area contributed by atoms with Crippen molar-refractivity contribution in [2.24, 2.45) is 0 Å². The molecule has 3 rings (SSSR count). The Morgan fingerprint density at radius 1 is 0.950 bits per heavy atom. The van der Waals surface area contributed by atoms with E-state index in [1.165, 1.54) is 4.90 Å². The zero-order valence-electron chi connectivity index (χ0n) is 11.0. The smallest absolute Gasteiger partial charge is 0.277 e. The second-order valence-electron chi connectivity index (χ2n) is 4.81. The number of nitrogens with zero attached hydrogens (tertiary/aromatic N) is 1. The first kappa shape index (κ1) is 12.4. The van der Waals surface area contributed by atoms with Crippen molar-refractivity contribution < 1.29 is 9.59 Å². The molecule has 2 aromatic rings. The largest absolute Gasteiger partial charge is 0.329 e. The second-order valence-corrected chi connectivity index (χ2v) is 4.81. The van der Waals surface area contributed by atoms with Gasteiger partial charge in [-0.2, -0.15) is 0 Å². The molecule has 0 aliphatic carbocycles. The molecule has 1 aliphatic heterocycles. The maximum absolute atomic E-state index is 12.1. The van der Waals surface area contributed by atoms with Crippen LogP contribution in [0, 0.1) is 6.92 Å². The highest BCUT2D eigenvalue weighted by molar-refractivity contribution is 6.14. The van der Waals surface area contributed by atoms with Crippen molar-refractivity contribution in [3.05, 3.63) is 65.7 Å². The Kier molecular flexibility index (Phi) is 2.99. The van der Waals surface area contributed by atoms with E-state index in [-0.39, 0.29) is 11.9 Å². The highest BCUT2D eigenvalue weighted by Gasteiger charge is 2.40. The fraction of sp³-hybridized carbons (Fsp3) is 0.125. The zero-order valence-corrected chi connectivity index (χ0v) is 11.0. The van der Waals surface area contributed by atoms with Crippen molar-refractivity contribution >= 4 is 17.6 Å². The average Bonchev–Trinajstić information content (AvgIpc) is 2.75. The summed E-state index contributed by atoms with van der Waals surface area (Å²) in [5, 5.41) is 2.38. The Hall–Kier alpha value is -2.62. The minimum absolute atomic E-state index is 0.290. The highest BCUT2D eigenvalue weighted by Crippen LogP contribution is 2.31. The molecule has 0 spiro atoms. The number of hydrogen-bond donors (Lipinski definition) is 1. The number of aryl methyl sites for hydroxylation is 1. The number of nitrogens with one attached hydrogen (secondary N) is 1. The normalized spacial score (nSPS) is 18.2. The highest BCUT2D eigenvalue weighted by atomic mass is 16.2. The summed E-state index contributed by atoms with van der Waals surface area (Å²) in [6.07, 6.45) is 0. The lowest BCUT2D eigenvalue weighted by atomic mass is 10.1. The molecule has 0 radical (unpaired) electrons. The van der Waals surface area contributed by atoms with Gasteiger partial charge in [0.2, 0.25) is 0 Å². The van der Waals surface area contributed by atoms with Gasteiger partial charge in [0.25, 0.3) is 5.91 Å². The van der Waals surface area contributed by atoms with Crippen LogP contribution in [0.5, 0.6) is 0 Å². The summed E-state index contributed by atoms with van der Waals surface area (Å²) in [5.74, 6) is -0.290. The van der Waals surface area contributed by atoms with E-state index in [9.17, 15) is 9.59 Å². The van der Waals surface area contributed by atoms with Crippen LogP contribution in [-0.4, -0.2) is 11.9 Å². The number of carbonyl (C=O) groups excluding carboxylic acids is 2. The van der Waals surface area contributed by atoms with Crippen LogP contribution >= 0.6 is 0 Å². The number of rotatable bonds is 2. The van der Waals surface area contributed by atoms with Gasteiger partial charge in [-0.25, -0.2) is 4.79 Å². The van der Waals surface area contributed by atoms with Crippen LogP contribution in [-0.2, 0) is 4.79 Å². The molecule has 1 unspecified atom stereocenters. The summed E-state index contributed by atoms with van der Waals surface area (Å²) < 4.78 is 0. The van der Waals surface area contributed by atoms with Crippen LogP contribution < -0.4 is 10.2 Å². The van der Waals surface area contributed by atoms with Gasteiger partial charge in [0, 0.05) is 5.69 Å². The number of benzene rings is 2. The van der Waals surface area contributed by atoms with Crippen molar-refractivity contribution in [2.75, 3.05) is 4.90 Å². The van der Waals surface area contributed by atoms with Gasteiger partial charge in [0.15, 0.2) is 0 Å². The first-order chi connectivity index (χ1) is 9.66. The fourth-order valence-electron chi connectivity index (χ4n) is 2.38. The summed E-state index contributed by atoms with van der Waals surface area (Å²) in [5.41, 5.74) is 2.63. The van der Waals surface area contributed by atoms with Gasteiger partial charge in [-0.15, -0.1) is 0 Å². The van der Waals surface area contributed by atoms with Gasteiger partial charge in [-0.1, -0.05) is 48.0 Å². The van der Waals surface area contributed by atoms with Crippen molar-refractivity contribution in [3.63, 3.8) is 0 Å². The standard InChI is InChI=1S/C16H14N2O2/c1-11-7-9-13(10-8-11)18-14(15(19)17-16(18)20)12-5-3-2-4-6-12/h2-10,14H,1H3,(H,17,19,20). The van der Waals surface area contributed by atoms with Crippen molar-refractivity contribution in [2.45, 2.75) is 13.0 Å². The fourth-order valence-corrected chi connectivity index (χ4v) is 2.38. The maximum Gasteiger partial charge on any atom is 0.329 e. The van der Waals surface area contributed by atoms with E-state index in [1.54, 1.807) is 0 Å². The molecule has 4 nitrogen and oxygen atoms in total. The summed E-state index contributed by atoms with van der Waals surface area (Å²) >= 11 is 0. The second kappa shape index (κ2) is 4.81. The van der Waals surface area contributed by atoms with E-state index in [0.717, 1.165) is 11.1 Å². The third kappa shape index (κ3) is 2.05. The molecule has 0 saturated carbocycles. The topological polar surface area (TPSA) is 49.4 Å². The molecule has 4 heteroatoms. The van der Waals surface area contributed by atoms with Crippen molar-refractivity contribution in [3.8, 4) is 0 Å². The molecular weight excluding hydrogens is 252 g/mol. The van der Waals surface area contributed by atoms with E-state index < -0.39 is 6.04 Å². The number of urea groups is 1. The number of carbonyl (C=O) groups is 2. The number of amides is 3.